The molecule has 3 aromatic heterocycles. The lowest BCUT2D eigenvalue weighted by atomic mass is 10.2. The molecule has 4 aromatic rings. The molecule has 1 amide bonds. The first kappa shape index (κ1) is 17.3. The molecular weight excluding hydrogens is 354 g/mol. The van der Waals surface area contributed by atoms with Crippen LogP contribution in [0.25, 0.3) is 5.65 Å². The lowest BCUT2D eigenvalue weighted by molar-refractivity contribution is -0.114. The predicted octanol–water partition coefficient (Wildman–Crippen LogP) is 2.50. The molecular formula is C20H17N7O. The minimum absolute atomic E-state index is 0.115. The maximum atomic E-state index is 12.1. The summed E-state index contributed by atoms with van der Waals surface area (Å²) in [7, 11) is 0. The largest absolute Gasteiger partial charge is 0.376 e. The van der Waals surface area contributed by atoms with E-state index in [0.29, 0.717) is 17.8 Å². The molecule has 8 heteroatoms. The van der Waals surface area contributed by atoms with E-state index in [0.717, 1.165) is 17.0 Å². The zero-order chi connectivity index (χ0) is 19.3. The van der Waals surface area contributed by atoms with Crippen LogP contribution in [-0.2, 0) is 11.3 Å². The summed E-state index contributed by atoms with van der Waals surface area (Å²) in [5.74, 6) is -0.184. The van der Waals surface area contributed by atoms with Crippen molar-refractivity contribution in [2.45, 2.75) is 6.54 Å². The van der Waals surface area contributed by atoms with E-state index in [2.05, 4.69) is 26.8 Å². The zero-order valence-corrected chi connectivity index (χ0v) is 14.9. The van der Waals surface area contributed by atoms with Crippen molar-refractivity contribution in [1.29, 1.82) is 5.26 Å². The Morgan fingerprint density at radius 3 is 2.75 bits per heavy atom. The van der Waals surface area contributed by atoms with Crippen LogP contribution in [0, 0.1) is 11.3 Å². The molecule has 0 bridgehead atoms. The summed E-state index contributed by atoms with van der Waals surface area (Å²) in [5, 5.41) is 18.9. The third-order valence-electron chi connectivity index (χ3n) is 4.12. The third kappa shape index (κ3) is 3.99. The Morgan fingerprint density at radius 2 is 1.96 bits per heavy atom. The predicted molar refractivity (Wildman–Crippen MR) is 105 cm³/mol. The maximum Gasteiger partial charge on any atom is 0.243 e. The molecule has 8 nitrogen and oxygen atoms in total. The van der Waals surface area contributed by atoms with Crippen LogP contribution >= 0.6 is 0 Å². The lowest BCUT2D eigenvalue weighted by Gasteiger charge is -2.06. The van der Waals surface area contributed by atoms with Gasteiger partial charge in [-0.3, -0.25) is 9.48 Å². The van der Waals surface area contributed by atoms with E-state index in [-0.39, 0.29) is 12.5 Å². The standard InChI is InChI=1S/C20H17N7O/c21-9-15-4-6-16(7-5-15)22-11-20(28)25-17-10-23-27(13-17)14-18-12-26-8-2-1-3-19(26)24-18/h1-8,10,12-13,22H,11,14H2,(H,25,28). The highest BCUT2D eigenvalue weighted by Gasteiger charge is 2.07. The van der Waals surface area contributed by atoms with Gasteiger partial charge in [0.05, 0.1) is 42.3 Å². The Balaban J connectivity index is 1.32. The van der Waals surface area contributed by atoms with E-state index >= 15 is 0 Å². The van der Waals surface area contributed by atoms with Gasteiger partial charge in [-0.1, -0.05) is 6.07 Å². The topological polar surface area (TPSA) is 100 Å². The SMILES string of the molecule is N#Cc1ccc(NCC(=O)Nc2cnn(Cc3cn4ccccc4n3)c2)cc1. The van der Waals surface area contributed by atoms with Crippen molar-refractivity contribution >= 4 is 22.9 Å². The minimum atomic E-state index is -0.184. The number of nitrogens with zero attached hydrogens (tertiary/aromatic N) is 5. The fraction of sp³-hybridized carbons (Fsp3) is 0.100. The molecule has 0 atom stereocenters. The van der Waals surface area contributed by atoms with Gasteiger partial charge in [-0.25, -0.2) is 4.98 Å². The number of imidazole rings is 1. The number of aromatic nitrogens is 4. The number of hydrogen-bond acceptors (Lipinski definition) is 5. The van der Waals surface area contributed by atoms with Gasteiger partial charge in [-0.15, -0.1) is 0 Å². The van der Waals surface area contributed by atoms with Crippen LogP contribution in [0.1, 0.15) is 11.3 Å². The van der Waals surface area contributed by atoms with E-state index in [9.17, 15) is 4.79 Å². The van der Waals surface area contributed by atoms with Crippen LogP contribution in [0.15, 0.2) is 67.3 Å². The van der Waals surface area contributed by atoms with E-state index < -0.39 is 0 Å². The van der Waals surface area contributed by atoms with Gasteiger partial charge in [0.1, 0.15) is 5.65 Å². The molecule has 4 rings (SSSR count). The first-order valence-corrected chi connectivity index (χ1v) is 8.68. The quantitative estimate of drug-likeness (QED) is 0.542. The molecule has 0 saturated carbocycles. The molecule has 0 radical (unpaired) electrons. The molecule has 28 heavy (non-hydrogen) atoms. The average molecular weight is 371 g/mol. The third-order valence-corrected chi connectivity index (χ3v) is 4.12. The summed E-state index contributed by atoms with van der Waals surface area (Å²) in [4.78, 5) is 16.7. The van der Waals surface area contributed by atoms with Crippen LogP contribution in [0.3, 0.4) is 0 Å². The molecule has 0 spiro atoms. The van der Waals surface area contributed by atoms with Crippen LogP contribution < -0.4 is 10.6 Å². The van der Waals surface area contributed by atoms with Crippen molar-refractivity contribution in [3.63, 3.8) is 0 Å². The molecule has 138 valence electrons. The monoisotopic (exact) mass is 371 g/mol. The van der Waals surface area contributed by atoms with Gasteiger partial charge in [0.15, 0.2) is 0 Å². The Morgan fingerprint density at radius 1 is 1.11 bits per heavy atom. The summed E-state index contributed by atoms with van der Waals surface area (Å²) >= 11 is 0. The number of pyridine rings is 1. The average Bonchev–Trinajstić information content (AvgIpc) is 3.33. The van der Waals surface area contributed by atoms with Gasteiger partial charge in [0.25, 0.3) is 0 Å². The second-order valence-electron chi connectivity index (χ2n) is 6.22. The summed E-state index contributed by atoms with van der Waals surface area (Å²) in [6, 6.07) is 14.8. The van der Waals surface area contributed by atoms with Crippen molar-refractivity contribution in [2.75, 3.05) is 17.2 Å². The van der Waals surface area contributed by atoms with Crippen LogP contribution in [0.5, 0.6) is 0 Å². The number of nitrogens with one attached hydrogen (secondary N) is 2. The molecule has 0 aliphatic carbocycles. The summed E-state index contributed by atoms with van der Waals surface area (Å²) < 4.78 is 3.68. The summed E-state index contributed by atoms with van der Waals surface area (Å²) in [6.07, 6.45) is 7.28. The number of hydrogen-bond donors (Lipinski definition) is 2. The Kier molecular flexibility index (Phi) is 4.72. The molecule has 0 unspecified atom stereocenters. The maximum absolute atomic E-state index is 12.1. The van der Waals surface area contributed by atoms with E-state index in [1.165, 1.54) is 0 Å². The number of carbonyl (C=O) groups is 1. The Bertz CT molecular complexity index is 1120. The number of amides is 1. The zero-order valence-electron chi connectivity index (χ0n) is 14.9. The van der Waals surface area contributed by atoms with Crippen LogP contribution in [0.2, 0.25) is 0 Å². The molecule has 0 fully saturated rings. The van der Waals surface area contributed by atoms with Gasteiger partial charge >= 0.3 is 0 Å². The Labute approximate surface area is 161 Å². The molecule has 2 N–H and O–H groups in total. The van der Waals surface area contributed by atoms with Gasteiger partial charge in [0.2, 0.25) is 5.91 Å². The lowest BCUT2D eigenvalue weighted by Crippen LogP contribution is -2.21. The highest BCUT2D eigenvalue weighted by atomic mass is 16.1. The van der Waals surface area contributed by atoms with Crippen molar-refractivity contribution in [3.8, 4) is 6.07 Å². The fourth-order valence-corrected chi connectivity index (χ4v) is 2.79. The molecule has 1 aromatic carbocycles. The minimum Gasteiger partial charge on any atom is -0.376 e. The van der Waals surface area contributed by atoms with Crippen molar-refractivity contribution in [3.05, 3.63) is 78.5 Å². The van der Waals surface area contributed by atoms with Gasteiger partial charge in [0, 0.05) is 24.3 Å². The summed E-state index contributed by atoms with van der Waals surface area (Å²) in [5.41, 5.74) is 3.74. The van der Waals surface area contributed by atoms with Crippen LogP contribution in [0.4, 0.5) is 11.4 Å². The second kappa shape index (κ2) is 7.63. The number of nitriles is 1. The molecule has 0 aliphatic heterocycles. The van der Waals surface area contributed by atoms with Crippen molar-refractivity contribution < 1.29 is 4.79 Å². The van der Waals surface area contributed by atoms with E-state index in [1.807, 2.05) is 35.0 Å². The highest BCUT2D eigenvalue weighted by molar-refractivity contribution is 5.93. The van der Waals surface area contributed by atoms with Gasteiger partial charge in [-0.2, -0.15) is 10.4 Å². The highest BCUT2D eigenvalue weighted by Crippen LogP contribution is 2.11. The van der Waals surface area contributed by atoms with Crippen LogP contribution in [-0.4, -0.2) is 31.6 Å². The van der Waals surface area contributed by atoms with Gasteiger partial charge in [-0.05, 0) is 36.4 Å². The number of fused-ring (bicyclic) bond motifs is 1. The van der Waals surface area contributed by atoms with Crippen molar-refractivity contribution in [1.82, 2.24) is 19.2 Å². The smallest absolute Gasteiger partial charge is 0.243 e. The number of carbonyl (C=O) groups excluding carboxylic acids is 1. The molecule has 0 aliphatic rings. The van der Waals surface area contributed by atoms with Crippen molar-refractivity contribution in [2.24, 2.45) is 0 Å². The Hall–Kier alpha value is -4.12. The first-order valence-electron chi connectivity index (χ1n) is 8.68. The number of rotatable bonds is 6. The first-order chi connectivity index (χ1) is 13.7. The second-order valence-corrected chi connectivity index (χ2v) is 6.22. The van der Waals surface area contributed by atoms with E-state index in [4.69, 9.17) is 5.26 Å². The fourth-order valence-electron chi connectivity index (χ4n) is 2.79. The number of anilines is 2. The number of benzene rings is 1. The molecule has 0 saturated heterocycles. The van der Waals surface area contributed by atoms with Gasteiger partial charge < -0.3 is 15.0 Å². The normalized spacial score (nSPS) is 10.5. The summed E-state index contributed by atoms with van der Waals surface area (Å²) in [6.45, 7) is 0.630. The van der Waals surface area contributed by atoms with E-state index in [1.54, 1.807) is 41.3 Å². The molecule has 3 heterocycles.